The second-order valence-corrected chi connectivity index (χ2v) is 7.71. The number of aryl methyl sites for hydroxylation is 1. The molecule has 2 aliphatic heterocycles. The predicted molar refractivity (Wildman–Crippen MR) is 121 cm³/mol. The molecule has 7 heteroatoms. The van der Waals surface area contributed by atoms with Gasteiger partial charge in [0.1, 0.15) is 6.26 Å². The summed E-state index contributed by atoms with van der Waals surface area (Å²) in [6.07, 6.45) is 4.91. The summed E-state index contributed by atoms with van der Waals surface area (Å²) in [4.78, 5) is 11.4. The average Bonchev–Trinajstić information content (AvgIpc) is 3.42. The Hall–Kier alpha value is -1.61. The summed E-state index contributed by atoms with van der Waals surface area (Å²) in [5, 5.41) is 3.48. The van der Waals surface area contributed by atoms with Crippen LogP contribution in [0, 0.1) is 12.3 Å². The van der Waals surface area contributed by atoms with Crippen molar-refractivity contribution in [2.24, 2.45) is 10.4 Å². The van der Waals surface area contributed by atoms with Gasteiger partial charge in [0.15, 0.2) is 5.96 Å². The van der Waals surface area contributed by atoms with E-state index in [9.17, 15) is 0 Å². The number of likely N-dealkylation sites (tertiary alicyclic amines) is 1. The van der Waals surface area contributed by atoms with Gasteiger partial charge in [-0.2, -0.15) is 0 Å². The van der Waals surface area contributed by atoms with Gasteiger partial charge in [-0.15, -0.1) is 24.0 Å². The molecule has 2 aliphatic rings. The summed E-state index contributed by atoms with van der Waals surface area (Å²) in [6, 6.07) is 8.23. The van der Waals surface area contributed by atoms with Gasteiger partial charge in [-0.25, -0.2) is 4.98 Å². The maximum Gasteiger partial charge on any atom is 0.226 e. The molecule has 2 aromatic rings. The van der Waals surface area contributed by atoms with Crippen LogP contribution in [-0.4, -0.2) is 55.7 Å². The molecular weight excluding hydrogens is 467 g/mol. The molecule has 1 atom stereocenters. The second-order valence-electron chi connectivity index (χ2n) is 7.71. The topological polar surface area (TPSA) is 62.9 Å². The molecule has 1 aromatic carbocycles. The van der Waals surface area contributed by atoms with Crippen molar-refractivity contribution in [3.05, 3.63) is 41.8 Å². The molecule has 0 saturated carbocycles. The summed E-state index contributed by atoms with van der Waals surface area (Å²) >= 11 is 0. The van der Waals surface area contributed by atoms with E-state index in [1.165, 1.54) is 18.4 Å². The Morgan fingerprint density at radius 2 is 2.11 bits per heavy atom. The van der Waals surface area contributed by atoms with Crippen LogP contribution in [0.1, 0.15) is 24.1 Å². The molecular formula is C21H29IN4O2. The Bertz CT molecular complexity index is 797. The summed E-state index contributed by atoms with van der Waals surface area (Å²) in [5.41, 5.74) is 3.54. The third-order valence-corrected chi connectivity index (χ3v) is 5.65. The van der Waals surface area contributed by atoms with Crippen molar-refractivity contribution in [3.8, 4) is 11.5 Å². The van der Waals surface area contributed by atoms with E-state index in [2.05, 4.69) is 39.2 Å². The normalized spacial score (nSPS) is 21.9. The van der Waals surface area contributed by atoms with E-state index >= 15 is 0 Å². The molecule has 3 heterocycles. The Balaban J connectivity index is 0.00000225. The minimum atomic E-state index is 0. The molecule has 4 rings (SSSR count). The van der Waals surface area contributed by atoms with Crippen LogP contribution in [0.15, 0.2) is 39.9 Å². The first-order chi connectivity index (χ1) is 13.2. The molecule has 1 aromatic heterocycles. The van der Waals surface area contributed by atoms with Crippen LogP contribution in [0.5, 0.6) is 0 Å². The van der Waals surface area contributed by atoms with Crippen LogP contribution in [0.4, 0.5) is 0 Å². The first kappa shape index (κ1) is 21.1. The highest BCUT2D eigenvalue weighted by Crippen LogP contribution is 2.38. The lowest BCUT2D eigenvalue weighted by molar-refractivity contribution is 0.156. The van der Waals surface area contributed by atoms with Gasteiger partial charge in [-0.3, -0.25) is 4.99 Å². The molecule has 28 heavy (non-hydrogen) atoms. The van der Waals surface area contributed by atoms with Crippen molar-refractivity contribution in [1.82, 2.24) is 15.2 Å². The smallest absolute Gasteiger partial charge is 0.226 e. The van der Waals surface area contributed by atoms with Gasteiger partial charge in [0.2, 0.25) is 5.89 Å². The fourth-order valence-corrected chi connectivity index (χ4v) is 3.97. The second kappa shape index (κ2) is 9.26. The first-order valence-corrected chi connectivity index (χ1v) is 9.72. The number of rotatable bonds is 4. The predicted octanol–water partition coefficient (Wildman–Crippen LogP) is 3.50. The number of nitrogens with one attached hydrogen (secondary N) is 1. The van der Waals surface area contributed by atoms with Crippen molar-refractivity contribution >= 4 is 29.9 Å². The van der Waals surface area contributed by atoms with Crippen LogP contribution < -0.4 is 5.32 Å². The standard InChI is InChI=1S/C21H28N4O2.HI/c1-16-3-5-17(6-4-16)19-24-18(13-27-19)7-10-23-20(22-2)25-11-8-21(14-25)9-12-26-15-21;/h3-6,13H,7-12,14-15H2,1-2H3,(H,22,23);1H. The van der Waals surface area contributed by atoms with Gasteiger partial charge in [0.25, 0.3) is 0 Å². The fraction of sp³-hybridized carbons (Fsp3) is 0.524. The van der Waals surface area contributed by atoms with E-state index in [0.717, 1.165) is 56.5 Å². The van der Waals surface area contributed by atoms with Crippen molar-refractivity contribution in [1.29, 1.82) is 0 Å². The van der Waals surface area contributed by atoms with Gasteiger partial charge in [0, 0.05) is 50.7 Å². The lowest BCUT2D eigenvalue weighted by Gasteiger charge is -2.24. The SMILES string of the molecule is CN=C(NCCc1coc(-c2ccc(C)cc2)n1)N1CCC2(CCOC2)C1.I. The molecule has 1 spiro atoms. The van der Waals surface area contributed by atoms with Gasteiger partial charge >= 0.3 is 0 Å². The Kier molecular flexibility index (Phi) is 6.98. The van der Waals surface area contributed by atoms with E-state index in [-0.39, 0.29) is 24.0 Å². The molecule has 0 aliphatic carbocycles. The molecule has 1 unspecified atom stereocenters. The summed E-state index contributed by atoms with van der Waals surface area (Å²) in [6.45, 7) is 6.73. The van der Waals surface area contributed by atoms with Crippen LogP contribution in [0.3, 0.4) is 0 Å². The van der Waals surface area contributed by atoms with Crippen LogP contribution in [0.25, 0.3) is 11.5 Å². The molecule has 0 amide bonds. The highest BCUT2D eigenvalue weighted by Gasteiger charge is 2.42. The fourth-order valence-electron chi connectivity index (χ4n) is 3.97. The Morgan fingerprint density at radius 3 is 2.82 bits per heavy atom. The van der Waals surface area contributed by atoms with Gasteiger partial charge in [0.05, 0.1) is 12.3 Å². The monoisotopic (exact) mass is 496 g/mol. The van der Waals surface area contributed by atoms with Crippen molar-refractivity contribution in [2.75, 3.05) is 39.9 Å². The van der Waals surface area contributed by atoms with Crippen LogP contribution in [-0.2, 0) is 11.2 Å². The number of guanidine groups is 1. The molecule has 152 valence electrons. The minimum absolute atomic E-state index is 0. The van der Waals surface area contributed by atoms with Crippen molar-refractivity contribution in [3.63, 3.8) is 0 Å². The van der Waals surface area contributed by atoms with Crippen LogP contribution in [0.2, 0.25) is 0 Å². The number of aliphatic imine (C=N–C) groups is 1. The molecule has 0 radical (unpaired) electrons. The Morgan fingerprint density at radius 1 is 1.29 bits per heavy atom. The number of hydrogen-bond acceptors (Lipinski definition) is 4. The van der Waals surface area contributed by atoms with Gasteiger partial charge in [-0.1, -0.05) is 17.7 Å². The lowest BCUT2D eigenvalue weighted by atomic mass is 9.87. The summed E-state index contributed by atoms with van der Waals surface area (Å²) in [7, 11) is 1.85. The van der Waals surface area contributed by atoms with Gasteiger partial charge < -0.3 is 19.4 Å². The molecule has 1 N–H and O–H groups in total. The van der Waals surface area contributed by atoms with Crippen molar-refractivity contribution < 1.29 is 9.15 Å². The number of halogens is 1. The van der Waals surface area contributed by atoms with E-state index in [0.29, 0.717) is 11.3 Å². The van der Waals surface area contributed by atoms with E-state index in [1.807, 2.05) is 19.2 Å². The molecule has 2 fully saturated rings. The number of ether oxygens (including phenoxy) is 1. The average molecular weight is 496 g/mol. The first-order valence-electron chi connectivity index (χ1n) is 9.72. The third-order valence-electron chi connectivity index (χ3n) is 5.65. The zero-order chi connectivity index (χ0) is 18.7. The van der Waals surface area contributed by atoms with Crippen molar-refractivity contribution in [2.45, 2.75) is 26.2 Å². The maximum atomic E-state index is 5.64. The highest BCUT2D eigenvalue weighted by atomic mass is 127. The highest BCUT2D eigenvalue weighted by molar-refractivity contribution is 14.0. The third kappa shape index (κ3) is 4.68. The minimum Gasteiger partial charge on any atom is -0.444 e. The summed E-state index contributed by atoms with van der Waals surface area (Å²) in [5.74, 6) is 1.65. The lowest BCUT2D eigenvalue weighted by Crippen LogP contribution is -2.42. The van der Waals surface area contributed by atoms with E-state index in [1.54, 1.807) is 6.26 Å². The number of benzene rings is 1. The molecule has 0 bridgehead atoms. The quantitative estimate of drug-likeness (QED) is 0.399. The number of nitrogens with zero attached hydrogens (tertiary/aromatic N) is 3. The zero-order valence-corrected chi connectivity index (χ0v) is 18.9. The van der Waals surface area contributed by atoms with E-state index < -0.39 is 0 Å². The molecule has 2 saturated heterocycles. The number of aromatic nitrogens is 1. The Labute approximate surface area is 183 Å². The maximum absolute atomic E-state index is 5.64. The number of hydrogen-bond donors (Lipinski definition) is 1. The van der Waals surface area contributed by atoms with Crippen LogP contribution >= 0.6 is 24.0 Å². The van der Waals surface area contributed by atoms with E-state index in [4.69, 9.17) is 9.15 Å². The van der Waals surface area contributed by atoms with Gasteiger partial charge in [-0.05, 0) is 31.9 Å². The molecule has 6 nitrogen and oxygen atoms in total. The summed E-state index contributed by atoms with van der Waals surface area (Å²) < 4.78 is 11.3. The number of oxazole rings is 1. The largest absolute Gasteiger partial charge is 0.444 e. The zero-order valence-electron chi connectivity index (χ0n) is 16.6.